The van der Waals surface area contributed by atoms with E-state index in [2.05, 4.69) is 16.0 Å². The van der Waals surface area contributed by atoms with Gasteiger partial charge in [0.25, 0.3) is 0 Å². The van der Waals surface area contributed by atoms with Gasteiger partial charge in [-0.05, 0) is 47.1 Å². The Balaban J connectivity index is 2.21. The Kier molecular flexibility index (Phi) is 5.79. The molecule has 1 amide bonds. The molecular formula is C16H19ClN2OS. The van der Waals surface area contributed by atoms with Gasteiger partial charge in [0.1, 0.15) is 0 Å². The number of nitrogens with one attached hydrogen (secondary N) is 2. The van der Waals surface area contributed by atoms with Crippen LogP contribution in [-0.2, 0) is 4.79 Å². The summed E-state index contributed by atoms with van der Waals surface area (Å²) in [6.45, 7) is 2.57. The number of thiophene rings is 1. The lowest BCUT2D eigenvalue weighted by Gasteiger charge is -2.21. The van der Waals surface area contributed by atoms with Gasteiger partial charge in [-0.15, -0.1) is 0 Å². The molecule has 0 fully saturated rings. The fraction of sp³-hybridized carbons (Fsp3) is 0.312. The molecule has 1 aromatic carbocycles. The molecule has 3 nitrogen and oxygen atoms in total. The maximum absolute atomic E-state index is 12.3. The number of hydrogen-bond acceptors (Lipinski definition) is 3. The highest BCUT2D eigenvalue weighted by Crippen LogP contribution is 2.25. The first-order chi connectivity index (χ1) is 10.1. The summed E-state index contributed by atoms with van der Waals surface area (Å²) in [6, 6.07) is 9.49. The third-order valence-corrected chi connectivity index (χ3v) is 4.28. The topological polar surface area (TPSA) is 41.1 Å². The molecule has 5 heteroatoms. The molecule has 0 spiro atoms. The fourth-order valence-corrected chi connectivity index (χ4v) is 2.95. The van der Waals surface area contributed by atoms with E-state index in [0.29, 0.717) is 11.6 Å². The van der Waals surface area contributed by atoms with Gasteiger partial charge in [-0.25, -0.2) is 0 Å². The molecule has 21 heavy (non-hydrogen) atoms. The van der Waals surface area contributed by atoms with E-state index in [4.69, 9.17) is 11.6 Å². The van der Waals surface area contributed by atoms with Gasteiger partial charge in [0.05, 0.1) is 6.04 Å². The lowest BCUT2D eigenvalue weighted by atomic mass is 10.00. The van der Waals surface area contributed by atoms with E-state index >= 15 is 0 Å². The number of benzene rings is 1. The predicted octanol–water partition coefficient (Wildman–Crippen LogP) is 3.46. The van der Waals surface area contributed by atoms with Crippen molar-refractivity contribution in [1.82, 2.24) is 10.6 Å². The van der Waals surface area contributed by atoms with Crippen LogP contribution in [0, 0.1) is 5.92 Å². The zero-order valence-electron chi connectivity index (χ0n) is 12.1. The zero-order chi connectivity index (χ0) is 15.2. The van der Waals surface area contributed by atoms with Crippen molar-refractivity contribution in [2.75, 3.05) is 13.6 Å². The van der Waals surface area contributed by atoms with Gasteiger partial charge in [-0.3, -0.25) is 4.79 Å². The normalized spacial score (nSPS) is 13.7. The van der Waals surface area contributed by atoms with Crippen LogP contribution in [0.25, 0.3) is 0 Å². The van der Waals surface area contributed by atoms with Gasteiger partial charge >= 0.3 is 0 Å². The van der Waals surface area contributed by atoms with Crippen LogP contribution in [-0.4, -0.2) is 19.5 Å². The van der Waals surface area contributed by atoms with Crippen molar-refractivity contribution < 1.29 is 4.79 Å². The van der Waals surface area contributed by atoms with Crippen molar-refractivity contribution in [2.24, 2.45) is 5.92 Å². The maximum Gasteiger partial charge on any atom is 0.224 e. The Morgan fingerprint density at radius 3 is 2.52 bits per heavy atom. The number of amides is 1. The highest BCUT2D eigenvalue weighted by Gasteiger charge is 2.20. The molecule has 0 aliphatic heterocycles. The number of halogens is 1. The summed E-state index contributed by atoms with van der Waals surface area (Å²) in [7, 11) is 1.85. The first-order valence-electron chi connectivity index (χ1n) is 6.84. The first kappa shape index (κ1) is 16.0. The smallest absolute Gasteiger partial charge is 0.224 e. The molecule has 0 bridgehead atoms. The second-order valence-corrected chi connectivity index (χ2v) is 6.23. The molecule has 112 valence electrons. The molecule has 1 heterocycles. The number of hydrogen-bond donors (Lipinski definition) is 2. The second kappa shape index (κ2) is 7.59. The standard InChI is InChI=1S/C16H19ClN2OS/c1-11(9-18-2)16(20)19-15(13-7-8-21-10-13)12-3-5-14(17)6-4-12/h3-8,10-11,15,18H,9H2,1-2H3,(H,19,20). The van der Waals surface area contributed by atoms with Crippen molar-refractivity contribution >= 4 is 28.8 Å². The van der Waals surface area contributed by atoms with Gasteiger partial charge in [-0.1, -0.05) is 30.7 Å². The molecule has 2 aromatic rings. The Hall–Kier alpha value is -1.36. The van der Waals surface area contributed by atoms with Crippen molar-refractivity contribution in [3.63, 3.8) is 0 Å². The zero-order valence-corrected chi connectivity index (χ0v) is 13.7. The Morgan fingerprint density at radius 1 is 1.24 bits per heavy atom. The molecule has 2 unspecified atom stereocenters. The molecular weight excluding hydrogens is 304 g/mol. The quantitative estimate of drug-likeness (QED) is 0.855. The summed E-state index contributed by atoms with van der Waals surface area (Å²) < 4.78 is 0. The highest BCUT2D eigenvalue weighted by molar-refractivity contribution is 7.08. The molecule has 2 N–H and O–H groups in total. The van der Waals surface area contributed by atoms with Crippen LogP contribution in [0.2, 0.25) is 5.02 Å². The largest absolute Gasteiger partial charge is 0.345 e. The van der Waals surface area contributed by atoms with E-state index in [9.17, 15) is 4.79 Å². The van der Waals surface area contributed by atoms with Crippen LogP contribution in [0.5, 0.6) is 0 Å². The third-order valence-electron chi connectivity index (χ3n) is 3.32. The predicted molar refractivity (Wildman–Crippen MR) is 88.8 cm³/mol. The summed E-state index contributed by atoms with van der Waals surface area (Å²) in [5.41, 5.74) is 2.12. The number of rotatable bonds is 6. The second-order valence-electron chi connectivity index (χ2n) is 5.01. The molecule has 0 saturated heterocycles. The van der Waals surface area contributed by atoms with E-state index in [1.807, 2.05) is 49.7 Å². The Labute approximate surface area is 134 Å². The summed E-state index contributed by atoms with van der Waals surface area (Å²) in [5, 5.41) is 10.9. The molecule has 0 aliphatic rings. The number of carbonyl (C=O) groups is 1. The molecule has 0 aliphatic carbocycles. The van der Waals surface area contributed by atoms with Crippen molar-refractivity contribution in [1.29, 1.82) is 0 Å². The lowest BCUT2D eigenvalue weighted by Crippen LogP contribution is -2.37. The summed E-state index contributed by atoms with van der Waals surface area (Å²) in [4.78, 5) is 12.3. The Morgan fingerprint density at radius 2 is 1.95 bits per heavy atom. The monoisotopic (exact) mass is 322 g/mol. The molecule has 2 rings (SSSR count). The van der Waals surface area contributed by atoms with Crippen LogP contribution in [0.15, 0.2) is 41.1 Å². The molecule has 2 atom stereocenters. The van der Waals surface area contributed by atoms with Crippen LogP contribution in [0.3, 0.4) is 0 Å². The van der Waals surface area contributed by atoms with Crippen molar-refractivity contribution in [2.45, 2.75) is 13.0 Å². The summed E-state index contributed by atoms with van der Waals surface area (Å²) >= 11 is 7.57. The van der Waals surface area contributed by atoms with Crippen molar-refractivity contribution in [3.05, 3.63) is 57.2 Å². The summed E-state index contributed by atoms with van der Waals surface area (Å²) in [5.74, 6) is -0.0427. The SMILES string of the molecule is CNCC(C)C(=O)NC(c1ccc(Cl)cc1)c1ccsc1. The van der Waals surface area contributed by atoms with Gasteiger partial charge in [0, 0.05) is 17.5 Å². The minimum atomic E-state index is -0.139. The molecule has 1 aromatic heterocycles. The number of carbonyl (C=O) groups excluding carboxylic acids is 1. The van der Waals surface area contributed by atoms with E-state index in [1.54, 1.807) is 11.3 Å². The van der Waals surface area contributed by atoms with Crippen molar-refractivity contribution in [3.8, 4) is 0 Å². The van der Waals surface area contributed by atoms with Gasteiger partial charge < -0.3 is 10.6 Å². The third kappa shape index (κ3) is 4.30. The van der Waals surface area contributed by atoms with Crippen LogP contribution in [0.4, 0.5) is 0 Å². The summed E-state index contributed by atoms with van der Waals surface area (Å²) in [6.07, 6.45) is 0. The average Bonchev–Trinajstić information content (AvgIpc) is 3.00. The van der Waals surface area contributed by atoms with E-state index in [-0.39, 0.29) is 17.9 Å². The van der Waals surface area contributed by atoms with Crippen LogP contribution >= 0.6 is 22.9 Å². The maximum atomic E-state index is 12.3. The van der Waals surface area contributed by atoms with Crippen LogP contribution in [0.1, 0.15) is 24.1 Å². The molecule has 0 saturated carbocycles. The van der Waals surface area contributed by atoms with E-state index in [1.165, 1.54) is 0 Å². The van der Waals surface area contributed by atoms with Gasteiger partial charge in [0.2, 0.25) is 5.91 Å². The molecule has 0 radical (unpaired) electrons. The minimum absolute atomic E-state index is 0.0375. The minimum Gasteiger partial charge on any atom is -0.345 e. The Bertz CT molecular complexity index is 568. The van der Waals surface area contributed by atoms with Gasteiger partial charge in [-0.2, -0.15) is 11.3 Å². The first-order valence-corrected chi connectivity index (χ1v) is 8.16. The fourth-order valence-electron chi connectivity index (χ4n) is 2.14. The van der Waals surface area contributed by atoms with E-state index in [0.717, 1.165) is 11.1 Å². The van der Waals surface area contributed by atoms with E-state index < -0.39 is 0 Å². The highest BCUT2D eigenvalue weighted by atomic mass is 35.5. The van der Waals surface area contributed by atoms with Gasteiger partial charge in [0.15, 0.2) is 0 Å². The lowest BCUT2D eigenvalue weighted by molar-refractivity contribution is -0.124. The van der Waals surface area contributed by atoms with Crippen LogP contribution < -0.4 is 10.6 Å². The average molecular weight is 323 g/mol.